The van der Waals surface area contributed by atoms with Crippen LogP contribution in [-0.2, 0) is 0 Å². The predicted molar refractivity (Wildman–Crippen MR) is 119 cm³/mol. The summed E-state index contributed by atoms with van der Waals surface area (Å²) in [6.45, 7) is 7.89. The van der Waals surface area contributed by atoms with Crippen LogP contribution in [-0.4, -0.2) is 42.8 Å². The zero-order valence-electron chi connectivity index (χ0n) is 17.5. The maximum atomic E-state index is 13.3. The van der Waals surface area contributed by atoms with Crippen LogP contribution in [0.4, 0.5) is 5.82 Å². The molecule has 2 aromatic heterocycles. The van der Waals surface area contributed by atoms with Crippen molar-refractivity contribution in [1.82, 2.24) is 19.7 Å². The molecule has 0 aliphatic heterocycles. The third kappa shape index (κ3) is 4.48. The Balaban J connectivity index is 1.59. The molecule has 1 radical (unpaired) electrons. The van der Waals surface area contributed by atoms with Gasteiger partial charge in [-0.1, -0.05) is 23.7 Å². The Morgan fingerprint density at radius 2 is 2.16 bits per heavy atom. The second-order valence-corrected chi connectivity index (χ2v) is 8.54. The van der Waals surface area contributed by atoms with Crippen molar-refractivity contribution in [3.63, 3.8) is 0 Å². The van der Waals surface area contributed by atoms with E-state index in [4.69, 9.17) is 11.6 Å². The van der Waals surface area contributed by atoms with Crippen LogP contribution in [0.25, 0.3) is 0 Å². The number of aryl methyl sites for hydroxylation is 1. The van der Waals surface area contributed by atoms with Gasteiger partial charge in [0, 0.05) is 23.0 Å². The summed E-state index contributed by atoms with van der Waals surface area (Å²) in [5.41, 5.74) is 2.54. The largest absolute Gasteiger partial charge is 0.393 e. The molecule has 7 nitrogen and oxygen atoms in total. The lowest BCUT2D eigenvalue weighted by molar-refractivity contribution is 0.103. The first-order valence-electron chi connectivity index (χ1n) is 10.3. The fraction of sp³-hybridized carbons (Fsp3) is 0.348. The molecule has 1 aliphatic carbocycles. The van der Waals surface area contributed by atoms with Crippen LogP contribution in [0.3, 0.4) is 0 Å². The van der Waals surface area contributed by atoms with Crippen LogP contribution in [0, 0.1) is 19.8 Å². The molecule has 2 heterocycles. The van der Waals surface area contributed by atoms with Crippen LogP contribution >= 0.6 is 11.6 Å². The highest BCUT2D eigenvalue weighted by atomic mass is 35.5. The van der Waals surface area contributed by atoms with E-state index in [1.807, 2.05) is 42.8 Å². The van der Waals surface area contributed by atoms with Gasteiger partial charge in [0.1, 0.15) is 17.8 Å². The SMILES string of the molecule is [CH2][C@@H]1C[C@@H](Nc2ncncc2C(=O)c2cc(C)n([C@@H](C)c3cccc(Cl)c3)n2)C[C@@H]1O. The van der Waals surface area contributed by atoms with Gasteiger partial charge in [-0.2, -0.15) is 5.10 Å². The number of carbonyl (C=O) groups excluding carboxylic acids is 1. The van der Waals surface area contributed by atoms with E-state index in [0.717, 1.165) is 11.3 Å². The first kappa shape index (κ1) is 21.5. The van der Waals surface area contributed by atoms with Gasteiger partial charge in [-0.05, 0) is 63.3 Å². The van der Waals surface area contributed by atoms with Crippen molar-refractivity contribution in [2.45, 2.75) is 44.9 Å². The second-order valence-electron chi connectivity index (χ2n) is 8.10. The lowest BCUT2D eigenvalue weighted by Gasteiger charge is -2.15. The second kappa shape index (κ2) is 8.77. The number of hydrogen-bond donors (Lipinski definition) is 2. The summed E-state index contributed by atoms with van der Waals surface area (Å²) in [6.07, 6.45) is 3.72. The summed E-state index contributed by atoms with van der Waals surface area (Å²) in [7, 11) is 0. The molecule has 1 aromatic carbocycles. The van der Waals surface area contributed by atoms with Crippen molar-refractivity contribution in [2.75, 3.05) is 5.32 Å². The van der Waals surface area contributed by atoms with E-state index >= 15 is 0 Å². The average Bonchev–Trinajstić information content (AvgIpc) is 3.29. The molecule has 0 saturated heterocycles. The summed E-state index contributed by atoms with van der Waals surface area (Å²) < 4.78 is 1.82. The molecule has 4 atom stereocenters. The first-order chi connectivity index (χ1) is 14.8. The van der Waals surface area contributed by atoms with E-state index in [-0.39, 0.29) is 23.8 Å². The standard InChI is InChI=1S/C23H25ClN5O2/c1-13-7-18(10-21(13)30)27-23-19(11-25-12-26-23)22(31)20-8-14(2)29(28-20)15(3)16-5-4-6-17(24)9-16/h4-6,8-9,11-13,15,18,21,30H,1,7,10H2,2-3H3,(H,25,26,27)/t13-,15+,18-,21+/m1/s1. The zero-order valence-corrected chi connectivity index (χ0v) is 18.3. The Labute approximate surface area is 186 Å². The minimum absolute atomic E-state index is 0.00101. The Hall–Kier alpha value is -2.77. The van der Waals surface area contributed by atoms with Crippen molar-refractivity contribution in [3.05, 3.63) is 77.3 Å². The maximum Gasteiger partial charge on any atom is 0.218 e. The van der Waals surface area contributed by atoms with Gasteiger partial charge in [-0.3, -0.25) is 9.48 Å². The van der Waals surface area contributed by atoms with Gasteiger partial charge >= 0.3 is 0 Å². The average molecular weight is 439 g/mol. The third-order valence-electron chi connectivity index (χ3n) is 5.81. The summed E-state index contributed by atoms with van der Waals surface area (Å²) in [4.78, 5) is 21.6. The molecule has 1 fully saturated rings. The van der Waals surface area contributed by atoms with Crippen LogP contribution in [0.2, 0.25) is 5.02 Å². The number of benzene rings is 1. The molecule has 0 bridgehead atoms. The van der Waals surface area contributed by atoms with Crippen molar-refractivity contribution in [2.24, 2.45) is 5.92 Å². The van der Waals surface area contributed by atoms with Gasteiger partial charge in [-0.15, -0.1) is 0 Å². The molecule has 0 unspecified atom stereocenters. The molecule has 1 aliphatic rings. The number of carbonyl (C=O) groups is 1. The highest BCUT2D eigenvalue weighted by molar-refractivity contribution is 6.30. The van der Waals surface area contributed by atoms with E-state index in [1.54, 1.807) is 6.07 Å². The van der Waals surface area contributed by atoms with E-state index in [2.05, 4.69) is 27.3 Å². The molecule has 8 heteroatoms. The lowest BCUT2D eigenvalue weighted by Crippen LogP contribution is -2.20. The van der Waals surface area contributed by atoms with Gasteiger partial charge in [0.2, 0.25) is 5.78 Å². The van der Waals surface area contributed by atoms with E-state index in [1.165, 1.54) is 12.5 Å². The van der Waals surface area contributed by atoms with E-state index in [0.29, 0.717) is 34.9 Å². The van der Waals surface area contributed by atoms with E-state index < -0.39 is 6.10 Å². The quantitative estimate of drug-likeness (QED) is 0.567. The van der Waals surface area contributed by atoms with Gasteiger partial charge < -0.3 is 10.4 Å². The fourth-order valence-corrected chi connectivity index (χ4v) is 4.26. The number of hydrogen-bond acceptors (Lipinski definition) is 6. The number of halogens is 1. The Morgan fingerprint density at radius 1 is 1.35 bits per heavy atom. The topological polar surface area (TPSA) is 92.9 Å². The predicted octanol–water partition coefficient (Wildman–Crippen LogP) is 3.86. The molecule has 2 N–H and O–H groups in total. The number of rotatable bonds is 6. The van der Waals surface area contributed by atoms with Crippen LogP contribution in [0.1, 0.15) is 53.1 Å². The van der Waals surface area contributed by atoms with Gasteiger partial charge in [0.25, 0.3) is 0 Å². The van der Waals surface area contributed by atoms with Gasteiger partial charge in [0.15, 0.2) is 0 Å². The number of aliphatic hydroxyl groups is 1. The Bertz CT molecular complexity index is 1090. The number of aliphatic hydroxyl groups excluding tert-OH is 1. The highest BCUT2D eigenvalue weighted by Crippen LogP contribution is 2.29. The first-order valence-corrected chi connectivity index (χ1v) is 10.6. The summed E-state index contributed by atoms with van der Waals surface area (Å²) >= 11 is 6.13. The highest BCUT2D eigenvalue weighted by Gasteiger charge is 2.31. The normalized spacial score (nSPS) is 21.8. The molecule has 0 amide bonds. The van der Waals surface area contributed by atoms with Crippen molar-refractivity contribution >= 4 is 23.2 Å². The number of anilines is 1. The molecular formula is C23H25ClN5O2. The monoisotopic (exact) mass is 438 g/mol. The zero-order chi connectivity index (χ0) is 22.1. The van der Waals surface area contributed by atoms with Crippen molar-refractivity contribution in [3.8, 4) is 0 Å². The van der Waals surface area contributed by atoms with E-state index in [9.17, 15) is 9.90 Å². The summed E-state index contributed by atoms with van der Waals surface area (Å²) in [6, 6.07) is 9.29. The van der Waals surface area contributed by atoms with Gasteiger partial charge in [0.05, 0.1) is 17.7 Å². The number of nitrogens with zero attached hydrogens (tertiary/aromatic N) is 4. The summed E-state index contributed by atoms with van der Waals surface area (Å²) in [5, 5.41) is 18.5. The molecule has 161 valence electrons. The third-order valence-corrected chi connectivity index (χ3v) is 6.04. The number of nitrogens with one attached hydrogen (secondary N) is 1. The molecule has 31 heavy (non-hydrogen) atoms. The molecular weight excluding hydrogens is 414 g/mol. The lowest BCUT2D eigenvalue weighted by atomic mass is 10.1. The summed E-state index contributed by atoms with van der Waals surface area (Å²) in [5.74, 6) is 0.152. The molecule has 3 aromatic rings. The maximum absolute atomic E-state index is 13.3. The smallest absolute Gasteiger partial charge is 0.218 e. The minimum atomic E-state index is -0.454. The van der Waals surface area contributed by atoms with Crippen molar-refractivity contribution < 1.29 is 9.90 Å². The fourth-order valence-electron chi connectivity index (χ4n) is 4.06. The number of aromatic nitrogens is 4. The van der Waals surface area contributed by atoms with Crippen LogP contribution in [0.5, 0.6) is 0 Å². The molecule has 1 saturated carbocycles. The van der Waals surface area contributed by atoms with Crippen LogP contribution in [0.15, 0.2) is 42.9 Å². The molecule has 4 rings (SSSR count). The van der Waals surface area contributed by atoms with Crippen LogP contribution < -0.4 is 5.32 Å². The minimum Gasteiger partial charge on any atom is -0.393 e. The Kier molecular flexibility index (Phi) is 6.07. The van der Waals surface area contributed by atoms with Crippen molar-refractivity contribution in [1.29, 1.82) is 0 Å². The number of ketones is 1. The van der Waals surface area contributed by atoms with Gasteiger partial charge in [-0.25, -0.2) is 9.97 Å². The molecule has 0 spiro atoms. The Morgan fingerprint density at radius 3 is 2.87 bits per heavy atom.